The van der Waals surface area contributed by atoms with Crippen molar-refractivity contribution in [1.29, 1.82) is 0 Å². The number of amides is 1. The molecule has 3 aromatic rings. The van der Waals surface area contributed by atoms with E-state index in [1.54, 1.807) is 18.2 Å². The van der Waals surface area contributed by atoms with Crippen LogP contribution in [0.2, 0.25) is 0 Å². The van der Waals surface area contributed by atoms with Gasteiger partial charge in [0.15, 0.2) is 5.76 Å². The lowest BCUT2D eigenvalue weighted by Gasteiger charge is -2.04. The fourth-order valence-electron chi connectivity index (χ4n) is 2.22. The Morgan fingerprint density at radius 1 is 0.962 bits per heavy atom. The first-order chi connectivity index (χ1) is 12.4. The molecule has 9 heteroatoms. The summed E-state index contributed by atoms with van der Waals surface area (Å²) >= 11 is 0. The van der Waals surface area contributed by atoms with E-state index in [-0.39, 0.29) is 22.0 Å². The van der Waals surface area contributed by atoms with E-state index in [4.69, 9.17) is 4.42 Å². The van der Waals surface area contributed by atoms with E-state index < -0.39 is 25.8 Å². The number of carbonyl (C=O) groups is 1. The molecule has 0 saturated carbocycles. The molecule has 0 aliphatic rings. The molecule has 1 amide bonds. The molecule has 2 aromatic carbocycles. The van der Waals surface area contributed by atoms with Crippen molar-refractivity contribution in [3.63, 3.8) is 0 Å². The van der Waals surface area contributed by atoms with Gasteiger partial charge in [-0.2, -0.15) is 0 Å². The van der Waals surface area contributed by atoms with Gasteiger partial charge in [0.25, 0.3) is 11.6 Å². The van der Waals surface area contributed by atoms with Crippen LogP contribution in [0.3, 0.4) is 0 Å². The lowest BCUT2D eigenvalue weighted by atomic mass is 10.2. The summed E-state index contributed by atoms with van der Waals surface area (Å²) in [6.07, 6.45) is 0. The molecule has 132 valence electrons. The Morgan fingerprint density at radius 3 is 2.31 bits per heavy atom. The number of sulfone groups is 1. The molecule has 1 heterocycles. The summed E-state index contributed by atoms with van der Waals surface area (Å²) in [6.45, 7) is 0. The number of nitrogens with one attached hydrogen (secondary N) is 1. The Bertz CT molecular complexity index is 1070. The Kier molecular flexibility index (Phi) is 4.55. The van der Waals surface area contributed by atoms with E-state index in [1.165, 1.54) is 42.5 Å². The molecule has 26 heavy (non-hydrogen) atoms. The number of para-hydroxylation sites is 2. The molecule has 0 aliphatic heterocycles. The van der Waals surface area contributed by atoms with Crippen LogP contribution in [-0.2, 0) is 9.84 Å². The van der Waals surface area contributed by atoms with Crippen molar-refractivity contribution < 1.29 is 22.6 Å². The molecule has 0 aliphatic carbocycles. The van der Waals surface area contributed by atoms with Gasteiger partial charge in [-0.1, -0.05) is 30.3 Å². The third kappa shape index (κ3) is 3.33. The normalized spacial score (nSPS) is 11.1. The molecular formula is C17H12N2O6S. The van der Waals surface area contributed by atoms with E-state index in [1.807, 2.05) is 0 Å². The number of rotatable bonds is 5. The smallest absolute Gasteiger partial charge is 0.292 e. The summed E-state index contributed by atoms with van der Waals surface area (Å²) in [5, 5.41) is 12.9. The standard InChI is InChI=1S/C17H12N2O6S/c20-17(18-13-8-4-5-9-14(13)19(21)22)15-10-11-16(25-15)26(23,24)12-6-2-1-3-7-12/h1-11H,(H,18,20). The average Bonchev–Trinajstić information content (AvgIpc) is 3.14. The number of nitro groups is 1. The van der Waals surface area contributed by atoms with Crippen LogP contribution in [-0.4, -0.2) is 19.2 Å². The van der Waals surface area contributed by atoms with E-state index in [0.29, 0.717) is 0 Å². The van der Waals surface area contributed by atoms with Crippen molar-refractivity contribution in [2.45, 2.75) is 9.99 Å². The molecule has 8 nitrogen and oxygen atoms in total. The molecule has 0 saturated heterocycles. The second-order valence-electron chi connectivity index (χ2n) is 5.16. The van der Waals surface area contributed by atoms with E-state index in [0.717, 1.165) is 6.07 Å². The van der Waals surface area contributed by atoms with Crippen LogP contribution in [0.15, 0.2) is 81.1 Å². The Hall–Kier alpha value is -3.46. The lowest BCUT2D eigenvalue weighted by molar-refractivity contribution is -0.383. The van der Waals surface area contributed by atoms with Crippen molar-refractivity contribution in [2.75, 3.05) is 5.32 Å². The van der Waals surface area contributed by atoms with Gasteiger partial charge in [0.1, 0.15) is 5.69 Å². The van der Waals surface area contributed by atoms with Crippen LogP contribution in [0.4, 0.5) is 11.4 Å². The van der Waals surface area contributed by atoms with Gasteiger partial charge in [0, 0.05) is 6.07 Å². The zero-order chi connectivity index (χ0) is 18.7. The maximum Gasteiger partial charge on any atom is 0.292 e. The number of carbonyl (C=O) groups excluding carboxylic acids is 1. The lowest BCUT2D eigenvalue weighted by Crippen LogP contribution is -2.12. The Labute approximate surface area is 148 Å². The first kappa shape index (κ1) is 17.4. The highest BCUT2D eigenvalue weighted by Gasteiger charge is 2.24. The van der Waals surface area contributed by atoms with Gasteiger partial charge in [-0.3, -0.25) is 14.9 Å². The predicted molar refractivity (Wildman–Crippen MR) is 91.7 cm³/mol. The van der Waals surface area contributed by atoms with Gasteiger partial charge < -0.3 is 9.73 Å². The molecule has 0 atom stereocenters. The summed E-state index contributed by atoms with van der Waals surface area (Å²) in [6, 6.07) is 15.6. The second kappa shape index (κ2) is 6.81. The summed E-state index contributed by atoms with van der Waals surface area (Å²) in [4.78, 5) is 22.6. The zero-order valence-corrected chi connectivity index (χ0v) is 14.0. The molecular weight excluding hydrogens is 360 g/mol. The molecule has 0 bridgehead atoms. The highest BCUT2D eigenvalue weighted by molar-refractivity contribution is 7.91. The van der Waals surface area contributed by atoms with Crippen LogP contribution in [0.1, 0.15) is 10.6 Å². The third-order valence-electron chi connectivity index (χ3n) is 3.47. The topological polar surface area (TPSA) is 120 Å². The van der Waals surface area contributed by atoms with E-state index in [9.17, 15) is 23.3 Å². The fraction of sp³-hybridized carbons (Fsp3) is 0. The van der Waals surface area contributed by atoms with E-state index >= 15 is 0 Å². The van der Waals surface area contributed by atoms with Crippen LogP contribution in [0, 0.1) is 10.1 Å². The van der Waals surface area contributed by atoms with Gasteiger partial charge in [0.2, 0.25) is 14.9 Å². The second-order valence-corrected chi connectivity index (χ2v) is 7.04. The molecule has 0 unspecified atom stereocenters. The molecule has 0 fully saturated rings. The quantitative estimate of drug-likeness (QED) is 0.542. The number of hydrogen-bond donors (Lipinski definition) is 1. The van der Waals surface area contributed by atoms with Crippen molar-refractivity contribution >= 4 is 27.1 Å². The van der Waals surface area contributed by atoms with Crippen molar-refractivity contribution in [3.05, 3.63) is 82.6 Å². The maximum absolute atomic E-state index is 12.5. The fourth-order valence-corrected chi connectivity index (χ4v) is 3.42. The van der Waals surface area contributed by atoms with Gasteiger partial charge in [-0.15, -0.1) is 0 Å². The van der Waals surface area contributed by atoms with Crippen LogP contribution < -0.4 is 5.32 Å². The number of furan rings is 1. The third-order valence-corrected chi connectivity index (χ3v) is 5.11. The number of nitrogens with zero attached hydrogens (tertiary/aromatic N) is 1. The zero-order valence-electron chi connectivity index (χ0n) is 13.2. The van der Waals surface area contributed by atoms with Gasteiger partial charge in [0.05, 0.1) is 9.82 Å². The minimum atomic E-state index is -3.90. The molecule has 1 N–H and O–H groups in total. The van der Waals surface area contributed by atoms with Gasteiger partial charge in [-0.25, -0.2) is 8.42 Å². The summed E-state index contributed by atoms with van der Waals surface area (Å²) in [5.74, 6) is -1.08. The highest BCUT2D eigenvalue weighted by atomic mass is 32.2. The van der Waals surface area contributed by atoms with Crippen molar-refractivity contribution in [1.82, 2.24) is 0 Å². The van der Waals surface area contributed by atoms with Gasteiger partial charge >= 0.3 is 0 Å². The number of hydrogen-bond acceptors (Lipinski definition) is 6. The van der Waals surface area contributed by atoms with Crippen LogP contribution in [0.5, 0.6) is 0 Å². The minimum Gasteiger partial charge on any atom is -0.439 e. The maximum atomic E-state index is 12.5. The predicted octanol–water partition coefficient (Wildman–Crippen LogP) is 3.27. The summed E-state index contributed by atoms with van der Waals surface area (Å²) < 4.78 is 30.1. The first-order valence-corrected chi connectivity index (χ1v) is 8.82. The molecule has 1 aromatic heterocycles. The summed E-state index contributed by atoms with van der Waals surface area (Å²) in [5.41, 5.74) is -0.309. The molecule has 0 spiro atoms. The average molecular weight is 372 g/mol. The highest BCUT2D eigenvalue weighted by Crippen LogP contribution is 2.26. The van der Waals surface area contributed by atoms with Gasteiger partial charge in [-0.05, 0) is 30.3 Å². The van der Waals surface area contributed by atoms with Crippen molar-refractivity contribution in [3.8, 4) is 0 Å². The Morgan fingerprint density at radius 2 is 1.62 bits per heavy atom. The van der Waals surface area contributed by atoms with E-state index in [2.05, 4.69) is 5.32 Å². The van der Waals surface area contributed by atoms with Crippen molar-refractivity contribution in [2.24, 2.45) is 0 Å². The summed E-state index contributed by atoms with van der Waals surface area (Å²) in [7, 11) is -3.90. The number of benzene rings is 2. The number of anilines is 1. The minimum absolute atomic E-state index is 0.0219. The largest absolute Gasteiger partial charge is 0.439 e. The molecule has 3 rings (SSSR count). The monoisotopic (exact) mass is 372 g/mol. The SMILES string of the molecule is O=C(Nc1ccccc1[N+](=O)[O-])c1ccc(S(=O)(=O)c2ccccc2)o1. The number of nitro benzene ring substituents is 1. The van der Waals surface area contributed by atoms with Crippen LogP contribution >= 0.6 is 0 Å². The van der Waals surface area contributed by atoms with Crippen LogP contribution in [0.25, 0.3) is 0 Å². The molecule has 0 radical (unpaired) electrons. The Balaban J connectivity index is 1.87. The first-order valence-electron chi connectivity index (χ1n) is 7.34.